The number of rotatable bonds is 11. The quantitative estimate of drug-likeness (QED) is 0.143. The van der Waals surface area contributed by atoms with Gasteiger partial charge < -0.3 is 20.0 Å². The second-order valence-corrected chi connectivity index (χ2v) is 17.8. The number of benzene rings is 5. The molecule has 1 aliphatic heterocycles. The van der Waals surface area contributed by atoms with Crippen molar-refractivity contribution >= 4 is 34.1 Å². The van der Waals surface area contributed by atoms with E-state index in [9.17, 15) is 0 Å². The van der Waals surface area contributed by atoms with Gasteiger partial charge in [0.15, 0.2) is 0 Å². The second-order valence-electron chi connectivity index (χ2n) is 17.8. The molecule has 5 aliphatic rings. The molecule has 10 rings (SSSR count). The Hall–Kier alpha value is -7.04. The molecule has 1 heterocycles. The van der Waals surface area contributed by atoms with Crippen LogP contribution in [0.4, 0.5) is 34.1 Å². The van der Waals surface area contributed by atoms with Gasteiger partial charge in [0.2, 0.25) is 0 Å². The Labute approximate surface area is 374 Å². The molecule has 3 atom stereocenters. The molecule has 4 heteroatoms. The van der Waals surface area contributed by atoms with Crippen molar-refractivity contribution in [3.8, 4) is 0 Å². The van der Waals surface area contributed by atoms with Crippen molar-refractivity contribution in [3.05, 3.63) is 250 Å². The van der Waals surface area contributed by atoms with Gasteiger partial charge in [0.25, 0.3) is 0 Å². The van der Waals surface area contributed by atoms with Crippen LogP contribution >= 0.6 is 0 Å². The van der Waals surface area contributed by atoms with E-state index in [0.717, 1.165) is 42.7 Å². The topological polar surface area (TPSA) is 21.8 Å². The molecule has 4 nitrogen and oxygen atoms in total. The summed E-state index contributed by atoms with van der Waals surface area (Å²) in [5, 5.41) is 3.77. The highest BCUT2D eigenvalue weighted by molar-refractivity contribution is 5.77. The monoisotopic (exact) mass is 820 g/mol. The summed E-state index contributed by atoms with van der Waals surface area (Å²) in [5.41, 5.74) is 21.1. The van der Waals surface area contributed by atoms with Crippen molar-refractivity contribution in [2.45, 2.75) is 59.4 Å². The standard InChI is InChI=1S/C59H56N4/c1-40-15-9-23-50(33-40)61(51-24-10-16-41(2)34-51)32-14-27-57-44(5)54-39-58(62(52-25-11-17-42(3)35-52)53-26-12-18-43(4)36-53)55-38-56(55)59(54)63(57)49-30-28-47(29-31-49)60-48-22-13-21-45-19-7-6-8-20-46(45)37-48/h6-7,9-26,28-36,39,55-57,60H,5,8,27,37-38H2,1-4H3/b32-14+. The smallest absolute Gasteiger partial charge is 0.0624 e. The molecule has 312 valence electrons. The lowest BCUT2D eigenvalue weighted by molar-refractivity contribution is 0.723. The number of fused-ring (bicyclic) bond motifs is 3. The van der Waals surface area contributed by atoms with Gasteiger partial charge in [-0.3, -0.25) is 0 Å². The normalized spacial score (nSPS) is 19.9. The van der Waals surface area contributed by atoms with E-state index < -0.39 is 0 Å². The number of hydrogen-bond donors (Lipinski definition) is 1. The van der Waals surface area contributed by atoms with Crippen LogP contribution < -0.4 is 20.0 Å². The molecule has 63 heavy (non-hydrogen) atoms. The number of aryl methyl sites for hydroxylation is 4. The van der Waals surface area contributed by atoms with Crippen LogP contribution in [0.1, 0.15) is 47.9 Å². The fourth-order valence-corrected chi connectivity index (χ4v) is 9.90. The van der Waals surface area contributed by atoms with E-state index in [-0.39, 0.29) is 6.04 Å². The zero-order chi connectivity index (χ0) is 43.0. The molecule has 4 aliphatic carbocycles. The maximum absolute atomic E-state index is 4.95. The van der Waals surface area contributed by atoms with E-state index in [1.807, 2.05) is 0 Å². The Morgan fingerprint density at radius 2 is 1.33 bits per heavy atom. The first-order valence-electron chi connectivity index (χ1n) is 22.5. The molecule has 0 bridgehead atoms. The largest absolute Gasteiger partial charge is 0.359 e. The molecule has 5 aromatic rings. The van der Waals surface area contributed by atoms with Gasteiger partial charge in [-0.25, -0.2) is 0 Å². The highest BCUT2D eigenvalue weighted by Gasteiger charge is 2.53. The fourth-order valence-electron chi connectivity index (χ4n) is 9.90. The predicted molar refractivity (Wildman–Crippen MR) is 267 cm³/mol. The van der Waals surface area contributed by atoms with Crippen LogP contribution in [0.15, 0.2) is 228 Å². The molecule has 1 fully saturated rings. The maximum atomic E-state index is 4.95. The van der Waals surface area contributed by atoms with Gasteiger partial charge >= 0.3 is 0 Å². The first-order valence-corrected chi connectivity index (χ1v) is 22.5. The zero-order valence-corrected chi connectivity index (χ0v) is 36.9. The molecular weight excluding hydrogens is 765 g/mol. The van der Waals surface area contributed by atoms with Crippen LogP contribution in [-0.2, 0) is 0 Å². The summed E-state index contributed by atoms with van der Waals surface area (Å²) in [4.78, 5) is 7.47. The summed E-state index contributed by atoms with van der Waals surface area (Å²) < 4.78 is 0. The predicted octanol–water partition coefficient (Wildman–Crippen LogP) is 15.1. The SMILES string of the molecule is C=C1C2=C(C3CC3C(N(c3cccc(C)c3)c3cccc(C)c3)=C2)N(c2ccc(NC3=CC=CC4=CC=CCC=C4C3)cc2)C1C/C=C/N(c1cccc(C)c1)c1cccc(C)c1. The van der Waals surface area contributed by atoms with Crippen molar-refractivity contribution < 1.29 is 0 Å². The van der Waals surface area contributed by atoms with E-state index in [1.165, 1.54) is 78.7 Å². The molecule has 5 aromatic carbocycles. The lowest BCUT2D eigenvalue weighted by Gasteiger charge is -2.33. The maximum Gasteiger partial charge on any atom is 0.0624 e. The highest BCUT2D eigenvalue weighted by atomic mass is 15.2. The Kier molecular flexibility index (Phi) is 10.8. The van der Waals surface area contributed by atoms with Crippen LogP contribution in [0.25, 0.3) is 0 Å². The molecule has 3 unspecified atom stereocenters. The van der Waals surface area contributed by atoms with Crippen molar-refractivity contribution in [2.24, 2.45) is 11.8 Å². The number of nitrogens with zero attached hydrogens (tertiary/aromatic N) is 3. The summed E-state index contributed by atoms with van der Waals surface area (Å²) in [7, 11) is 0. The summed E-state index contributed by atoms with van der Waals surface area (Å²) in [6.07, 6.45) is 26.4. The average Bonchev–Trinajstić information content (AvgIpc) is 4.09. The lowest BCUT2D eigenvalue weighted by Crippen LogP contribution is -2.31. The minimum Gasteiger partial charge on any atom is -0.359 e. The third-order valence-corrected chi connectivity index (χ3v) is 13.0. The number of anilines is 6. The highest BCUT2D eigenvalue weighted by Crippen LogP contribution is 2.60. The minimum atomic E-state index is 0.0564. The van der Waals surface area contributed by atoms with E-state index in [2.05, 4.69) is 230 Å². The van der Waals surface area contributed by atoms with Crippen molar-refractivity contribution in [2.75, 3.05) is 20.0 Å². The Bertz CT molecular complexity index is 2770. The Morgan fingerprint density at radius 3 is 1.97 bits per heavy atom. The Morgan fingerprint density at radius 1 is 0.714 bits per heavy atom. The van der Waals surface area contributed by atoms with Gasteiger partial charge in [0, 0.05) is 81.2 Å². The second kappa shape index (κ2) is 17.0. The summed E-state index contributed by atoms with van der Waals surface area (Å²) in [6.45, 7) is 13.6. The van der Waals surface area contributed by atoms with E-state index >= 15 is 0 Å². The molecule has 0 saturated heterocycles. The molecule has 1 N–H and O–H groups in total. The first kappa shape index (κ1) is 40.1. The summed E-state index contributed by atoms with van der Waals surface area (Å²) in [5.74, 6) is 0.820. The number of hydrogen-bond acceptors (Lipinski definition) is 4. The van der Waals surface area contributed by atoms with Crippen molar-refractivity contribution in [1.29, 1.82) is 0 Å². The van der Waals surface area contributed by atoms with E-state index in [0.29, 0.717) is 11.8 Å². The number of allylic oxidation sites excluding steroid dienone is 12. The van der Waals surface area contributed by atoms with Gasteiger partial charge in [-0.2, -0.15) is 0 Å². The first-order chi connectivity index (χ1) is 30.8. The van der Waals surface area contributed by atoms with Gasteiger partial charge in [0.1, 0.15) is 0 Å². The van der Waals surface area contributed by atoms with Crippen LogP contribution in [0, 0.1) is 39.5 Å². The summed E-state index contributed by atoms with van der Waals surface area (Å²) >= 11 is 0. The van der Waals surface area contributed by atoms with Gasteiger partial charge in [-0.15, -0.1) is 0 Å². The molecule has 0 radical (unpaired) electrons. The Balaban J connectivity index is 1.01. The molecular formula is C59H56N4. The van der Waals surface area contributed by atoms with Crippen molar-refractivity contribution in [3.63, 3.8) is 0 Å². The molecule has 0 aromatic heterocycles. The lowest BCUT2D eigenvalue weighted by atomic mass is 9.94. The zero-order valence-electron chi connectivity index (χ0n) is 36.9. The van der Waals surface area contributed by atoms with Gasteiger partial charge in [-0.1, -0.05) is 97.6 Å². The number of nitrogens with one attached hydrogen (secondary N) is 1. The van der Waals surface area contributed by atoms with Crippen molar-refractivity contribution in [1.82, 2.24) is 0 Å². The average molecular weight is 821 g/mol. The van der Waals surface area contributed by atoms with Crippen LogP contribution in [0.2, 0.25) is 0 Å². The van der Waals surface area contributed by atoms with Gasteiger partial charge in [-0.05, 0) is 171 Å². The van der Waals surface area contributed by atoms with Crippen LogP contribution in [0.3, 0.4) is 0 Å². The molecule has 0 amide bonds. The molecule has 0 spiro atoms. The third-order valence-electron chi connectivity index (χ3n) is 13.0. The van der Waals surface area contributed by atoms with E-state index in [1.54, 1.807) is 0 Å². The van der Waals surface area contributed by atoms with Crippen LogP contribution in [0.5, 0.6) is 0 Å². The molecule has 1 saturated carbocycles. The van der Waals surface area contributed by atoms with Crippen LogP contribution in [-0.4, -0.2) is 6.04 Å². The third kappa shape index (κ3) is 8.22. The van der Waals surface area contributed by atoms with E-state index in [4.69, 9.17) is 6.58 Å². The van der Waals surface area contributed by atoms with Gasteiger partial charge in [0.05, 0.1) is 6.04 Å². The minimum absolute atomic E-state index is 0.0564. The summed E-state index contributed by atoms with van der Waals surface area (Å²) in [6, 6.07) is 44.6. The fraction of sp³-hybridized carbons (Fsp3) is 0.186.